The van der Waals surface area contributed by atoms with Crippen molar-refractivity contribution in [2.45, 2.75) is 13.3 Å². The van der Waals surface area contributed by atoms with Gasteiger partial charge in [-0.2, -0.15) is 10.2 Å². The fraction of sp³-hybridized carbons (Fsp3) is 0.250. The van der Waals surface area contributed by atoms with Gasteiger partial charge in [0.2, 0.25) is 0 Å². The molecule has 3 heteroatoms. The first kappa shape index (κ1) is 6.98. The summed E-state index contributed by atoms with van der Waals surface area (Å²) in [7, 11) is 0. The Morgan fingerprint density at radius 1 is 1.45 bits per heavy atom. The van der Waals surface area contributed by atoms with Crippen molar-refractivity contribution in [3.05, 3.63) is 22.2 Å². The largest absolute Gasteiger partial charge is 0.155 e. The second-order valence-corrected chi connectivity index (χ2v) is 3.50. The molecule has 0 saturated carbocycles. The summed E-state index contributed by atoms with van der Waals surface area (Å²) in [5.41, 5.74) is 3.29. The molecule has 0 fully saturated rings. The predicted molar refractivity (Wildman–Crippen MR) is 50.3 cm³/mol. The van der Waals surface area contributed by atoms with Crippen LogP contribution >= 0.6 is 15.9 Å². The average molecular weight is 211 g/mol. The zero-order valence-electron chi connectivity index (χ0n) is 6.13. The maximum atomic E-state index is 4.04. The van der Waals surface area contributed by atoms with Crippen molar-refractivity contribution in [3.63, 3.8) is 0 Å². The third-order valence-electron chi connectivity index (χ3n) is 1.79. The van der Waals surface area contributed by atoms with Gasteiger partial charge < -0.3 is 0 Å². The molecule has 0 aromatic carbocycles. The van der Waals surface area contributed by atoms with E-state index in [0.29, 0.717) is 0 Å². The Kier molecular flexibility index (Phi) is 1.53. The monoisotopic (exact) mass is 210 g/mol. The van der Waals surface area contributed by atoms with Gasteiger partial charge in [0.25, 0.3) is 0 Å². The molecule has 11 heavy (non-hydrogen) atoms. The van der Waals surface area contributed by atoms with E-state index in [0.717, 1.165) is 22.3 Å². The smallest absolute Gasteiger partial charge is 0.0760 e. The molecule has 0 atom stereocenters. The standard InChI is InChI=1S/C8H7BrN2/c1-5-7-4-6(9)2-3-8(7)11-10-5/h2,4H,3H2,1H3. The fourth-order valence-corrected chi connectivity index (χ4v) is 1.57. The summed E-state index contributed by atoms with van der Waals surface area (Å²) < 4.78 is 1.13. The summed E-state index contributed by atoms with van der Waals surface area (Å²) in [6.07, 6.45) is 5.05. The molecule has 1 aliphatic carbocycles. The predicted octanol–water partition coefficient (Wildman–Crippen LogP) is 2.43. The van der Waals surface area contributed by atoms with Crippen molar-refractivity contribution in [2.75, 3.05) is 0 Å². The van der Waals surface area contributed by atoms with Gasteiger partial charge in [-0.15, -0.1) is 0 Å². The second kappa shape index (κ2) is 2.41. The quantitative estimate of drug-likeness (QED) is 0.587. The zero-order valence-corrected chi connectivity index (χ0v) is 7.72. The normalized spacial score (nSPS) is 21.6. The molecule has 1 heterocycles. The maximum Gasteiger partial charge on any atom is 0.0760 e. The number of halogens is 1. The van der Waals surface area contributed by atoms with E-state index in [-0.39, 0.29) is 0 Å². The summed E-state index contributed by atoms with van der Waals surface area (Å²) in [6.45, 7) is 1.98. The molecule has 0 radical (unpaired) electrons. The Morgan fingerprint density at radius 3 is 3.09 bits per heavy atom. The molecule has 2 nitrogen and oxygen atoms in total. The van der Waals surface area contributed by atoms with Crippen molar-refractivity contribution in [1.29, 1.82) is 0 Å². The average Bonchev–Trinajstić information content (AvgIpc) is 2.33. The van der Waals surface area contributed by atoms with Crippen molar-refractivity contribution in [1.82, 2.24) is 0 Å². The van der Waals surface area contributed by atoms with Crippen molar-refractivity contribution in [3.8, 4) is 0 Å². The van der Waals surface area contributed by atoms with Crippen LogP contribution in [0, 0.1) is 0 Å². The number of hydrogen-bond donors (Lipinski definition) is 0. The SMILES string of the molecule is CC1=NN=C2CC=C(Br)C=C12. The lowest BCUT2D eigenvalue weighted by atomic mass is 10.0. The van der Waals surface area contributed by atoms with Crippen LogP contribution in [-0.4, -0.2) is 11.4 Å². The fourth-order valence-electron chi connectivity index (χ4n) is 1.18. The van der Waals surface area contributed by atoms with E-state index >= 15 is 0 Å². The molecule has 2 aliphatic rings. The molecule has 56 valence electrons. The molecule has 0 spiro atoms. The van der Waals surface area contributed by atoms with Crippen LogP contribution in [0.25, 0.3) is 0 Å². The van der Waals surface area contributed by atoms with E-state index in [1.54, 1.807) is 0 Å². The van der Waals surface area contributed by atoms with E-state index in [2.05, 4.69) is 38.3 Å². The van der Waals surface area contributed by atoms with Crippen LogP contribution in [0.15, 0.2) is 32.4 Å². The van der Waals surface area contributed by atoms with Crippen LogP contribution in [0.4, 0.5) is 0 Å². The molecular formula is C8H7BrN2. The van der Waals surface area contributed by atoms with Gasteiger partial charge in [0, 0.05) is 16.5 Å². The molecule has 0 saturated heterocycles. The minimum absolute atomic E-state index is 0.896. The number of nitrogens with zero attached hydrogens (tertiary/aromatic N) is 2. The number of allylic oxidation sites excluding steroid dienone is 4. The summed E-state index contributed by atoms with van der Waals surface area (Å²) in [5, 5.41) is 8.04. The first-order chi connectivity index (χ1) is 5.27. The summed E-state index contributed by atoms with van der Waals surface area (Å²) in [6, 6.07) is 0. The molecule has 0 N–H and O–H groups in total. The maximum absolute atomic E-state index is 4.04. The van der Waals surface area contributed by atoms with Gasteiger partial charge >= 0.3 is 0 Å². The molecule has 0 aromatic heterocycles. The van der Waals surface area contributed by atoms with Crippen LogP contribution in [0.5, 0.6) is 0 Å². The van der Waals surface area contributed by atoms with E-state index < -0.39 is 0 Å². The lowest BCUT2D eigenvalue weighted by molar-refractivity contribution is 1.24. The molecule has 1 aliphatic heterocycles. The Labute approximate surface area is 73.5 Å². The summed E-state index contributed by atoms with van der Waals surface area (Å²) >= 11 is 3.43. The molecule has 2 rings (SSSR count). The van der Waals surface area contributed by atoms with Gasteiger partial charge in [-0.25, -0.2) is 0 Å². The Morgan fingerprint density at radius 2 is 2.27 bits per heavy atom. The van der Waals surface area contributed by atoms with Gasteiger partial charge in [-0.05, 0) is 13.0 Å². The molecule has 0 amide bonds. The van der Waals surface area contributed by atoms with Crippen LogP contribution in [-0.2, 0) is 0 Å². The zero-order chi connectivity index (χ0) is 7.84. The van der Waals surface area contributed by atoms with Gasteiger partial charge in [-0.1, -0.05) is 22.0 Å². The minimum atomic E-state index is 0.896. The van der Waals surface area contributed by atoms with Crippen molar-refractivity contribution < 1.29 is 0 Å². The Hall–Kier alpha value is -0.700. The first-order valence-corrected chi connectivity index (χ1v) is 4.26. The van der Waals surface area contributed by atoms with E-state index in [1.165, 1.54) is 5.57 Å². The van der Waals surface area contributed by atoms with E-state index in [4.69, 9.17) is 0 Å². The highest BCUT2D eigenvalue weighted by Crippen LogP contribution is 2.23. The number of hydrogen-bond acceptors (Lipinski definition) is 2. The second-order valence-electron chi connectivity index (χ2n) is 2.58. The molecule has 0 bridgehead atoms. The van der Waals surface area contributed by atoms with Crippen molar-refractivity contribution in [2.24, 2.45) is 10.2 Å². The van der Waals surface area contributed by atoms with Crippen LogP contribution in [0.1, 0.15) is 13.3 Å². The molecule has 0 aromatic rings. The molecule has 0 unspecified atom stereocenters. The van der Waals surface area contributed by atoms with Crippen molar-refractivity contribution >= 4 is 27.4 Å². The van der Waals surface area contributed by atoms with Crippen LogP contribution in [0.3, 0.4) is 0 Å². The van der Waals surface area contributed by atoms with Gasteiger partial charge in [-0.3, -0.25) is 0 Å². The summed E-state index contributed by atoms with van der Waals surface area (Å²) in [4.78, 5) is 0. The first-order valence-electron chi connectivity index (χ1n) is 3.46. The summed E-state index contributed by atoms with van der Waals surface area (Å²) in [5.74, 6) is 0. The van der Waals surface area contributed by atoms with Crippen LogP contribution < -0.4 is 0 Å². The van der Waals surface area contributed by atoms with Gasteiger partial charge in [0.05, 0.1) is 11.4 Å². The number of fused-ring (bicyclic) bond motifs is 1. The topological polar surface area (TPSA) is 24.7 Å². The van der Waals surface area contributed by atoms with E-state index in [1.807, 2.05) is 6.92 Å². The lowest BCUT2D eigenvalue weighted by Crippen LogP contribution is -2.07. The van der Waals surface area contributed by atoms with Gasteiger partial charge in [0.1, 0.15) is 0 Å². The van der Waals surface area contributed by atoms with E-state index in [9.17, 15) is 0 Å². The lowest BCUT2D eigenvalue weighted by Gasteiger charge is -2.06. The van der Waals surface area contributed by atoms with Crippen LogP contribution in [0.2, 0.25) is 0 Å². The van der Waals surface area contributed by atoms with Gasteiger partial charge in [0.15, 0.2) is 0 Å². The highest BCUT2D eigenvalue weighted by Gasteiger charge is 2.18. The Balaban J connectivity index is 2.45. The Bertz CT molecular complexity index is 321. The third-order valence-corrected chi connectivity index (χ3v) is 2.35. The highest BCUT2D eigenvalue weighted by molar-refractivity contribution is 9.11. The highest BCUT2D eigenvalue weighted by atomic mass is 79.9. The third kappa shape index (κ3) is 1.09. The molecular weight excluding hydrogens is 204 g/mol. The number of rotatable bonds is 0. The minimum Gasteiger partial charge on any atom is -0.155 e.